The summed E-state index contributed by atoms with van der Waals surface area (Å²) >= 11 is 0. The lowest BCUT2D eigenvalue weighted by Gasteiger charge is -2.39. The molecule has 0 saturated carbocycles. The molecule has 100 valence electrons. The van der Waals surface area contributed by atoms with Crippen molar-refractivity contribution in [1.82, 2.24) is 10.3 Å². The summed E-state index contributed by atoms with van der Waals surface area (Å²) < 4.78 is 5.08. The van der Waals surface area contributed by atoms with Gasteiger partial charge in [0.25, 0.3) is 0 Å². The van der Waals surface area contributed by atoms with Crippen LogP contribution in [-0.4, -0.2) is 43.7 Å². The van der Waals surface area contributed by atoms with Gasteiger partial charge in [0.2, 0.25) is 5.96 Å². The van der Waals surface area contributed by atoms with Crippen LogP contribution in [0.2, 0.25) is 0 Å². The van der Waals surface area contributed by atoms with Crippen LogP contribution in [0.1, 0.15) is 33.6 Å². The summed E-state index contributed by atoms with van der Waals surface area (Å²) in [5, 5.41) is 0. The maximum Gasteiger partial charge on any atom is 0.208 e. The summed E-state index contributed by atoms with van der Waals surface area (Å²) in [5.41, 5.74) is 3.05. The first kappa shape index (κ1) is 14.3. The van der Waals surface area contributed by atoms with E-state index in [9.17, 15) is 0 Å². The Bertz CT molecular complexity index is 265. The van der Waals surface area contributed by atoms with Crippen LogP contribution in [0.3, 0.4) is 0 Å². The van der Waals surface area contributed by atoms with Crippen molar-refractivity contribution in [2.45, 2.75) is 39.7 Å². The molecule has 1 atom stereocenters. The summed E-state index contributed by atoms with van der Waals surface area (Å²) in [6, 6.07) is 0.121. The first-order chi connectivity index (χ1) is 7.98. The second kappa shape index (κ2) is 6.21. The number of hydrazine groups is 1. The van der Waals surface area contributed by atoms with Crippen LogP contribution < -0.4 is 11.3 Å². The van der Waals surface area contributed by atoms with E-state index in [1.54, 1.807) is 7.11 Å². The van der Waals surface area contributed by atoms with E-state index in [1.807, 2.05) is 6.92 Å². The van der Waals surface area contributed by atoms with Crippen LogP contribution in [0.5, 0.6) is 0 Å². The van der Waals surface area contributed by atoms with Crippen molar-refractivity contribution < 1.29 is 4.74 Å². The van der Waals surface area contributed by atoms with E-state index in [1.165, 1.54) is 12.8 Å². The number of methoxy groups -OCH3 is 1. The minimum Gasteiger partial charge on any atom is -0.382 e. The molecule has 1 aliphatic heterocycles. The highest BCUT2D eigenvalue weighted by Crippen LogP contribution is 2.28. The molecule has 0 amide bonds. The Morgan fingerprint density at radius 1 is 1.59 bits per heavy atom. The van der Waals surface area contributed by atoms with Gasteiger partial charge in [-0.3, -0.25) is 5.43 Å². The van der Waals surface area contributed by atoms with Crippen molar-refractivity contribution >= 4 is 5.96 Å². The van der Waals surface area contributed by atoms with Gasteiger partial charge >= 0.3 is 0 Å². The Kier molecular flexibility index (Phi) is 5.21. The molecule has 17 heavy (non-hydrogen) atoms. The zero-order valence-electron chi connectivity index (χ0n) is 11.5. The number of nitrogens with two attached hydrogens (primary N) is 1. The molecule has 1 heterocycles. The molecule has 1 rings (SSSR count). The number of aliphatic imine (C=N–C) groups is 1. The van der Waals surface area contributed by atoms with E-state index in [2.05, 4.69) is 29.2 Å². The van der Waals surface area contributed by atoms with Crippen LogP contribution in [0.25, 0.3) is 0 Å². The fourth-order valence-corrected chi connectivity index (χ4v) is 2.30. The first-order valence-corrected chi connectivity index (χ1v) is 6.27. The molecule has 1 saturated heterocycles. The van der Waals surface area contributed by atoms with Crippen molar-refractivity contribution in [3.05, 3.63) is 0 Å². The van der Waals surface area contributed by atoms with Gasteiger partial charge in [-0.05, 0) is 25.2 Å². The van der Waals surface area contributed by atoms with Crippen molar-refractivity contribution in [1.29, 1.82) is 0 Å². The molecule has 5 heteroatoms. The van der Waals surface area contributed by atoms with Gasteiger partial charge in [0.05, 0.1) is 12.6 Å². The van der Waals surface area contributed by atoms with E-state index < -0.39 is 0 Å². The highest BCUT2D eigenvalue weighted by atomic mass is 16.5. The molecular weight excluding hydrogens is 216 g/mol. The molecule has 1 aliphatic rings. The summed E-state index contributed by atoms with van der Waals surface area (Å²) in [6.07, 6.45) is 2.45. The number of likely N-dealkylation sites (tertiary alicyclic amines) is 1. The van der Waals surface area contributed by atoms with Crippen molar-refractivity contribution in [3.8, 4) is 0 Å². The average Bonchev–Trinajstić information content (AvgIpc) is 2.25. The fraction of sp³-hybridized carbons (Fsp3) is 0.917. The quantitative estimate of drug-likeness (QED) is 0.335. The van der Waals surface area contributed by atoms with Crippen LogP contribution in [0.4, 0.5) is 0 Å². The molecule has 1 fully saturated rings. The molecule has 1 unspecified atom stereocenters. The predicted octanol–water partition coefficient (Wildman–Crippen LogP) is 0.963. The minimum atomic E-state index is 0.121. The van der Waals surface area contributed by atoms with Gasteiger partial charge in [-0.15, -0.1) is 0 Å². The maximum atomic E-state index is 5.57. The Labute approximate surface area is 104 Å². The van der Waals surface area contributed by atoms with Crippen LogP contribution in [-0.2, 0) is 4.74 Å². The highest BCUT2D eigenvalue weighted by molar-refractivity contribution is 5.79. The summed E-state index contributed by atoms with van der Waals surface area (Å²) in [6.45, 7) is 9.22. The number of ether oxygens (including phenoxy) is 1. The summed E-state index contributed by atoms with van der Waals surface area (Å²) in [7, 11) is 1.69. The average molecular weight is 242 g/mol. The smallest absolute Gasteiger partial charge is 0.208 e. The van der Waals surface area contributed by atoms with E-state index in [4.69, 9.17) is 10.6 Å². The predicted molar refractivity (Wildman–Crippen MR) is 70.7 cm³/mol. The van der Waals surface area contributed by atoms with Crippen molar-refractivity contribution in [3.63, 3.8) is 0 Å². The summed E-state index contributed by atoms with van der Waals surface area (Å²) in [5.74, 6) is 6.35. The van der Waals surface area contributed by atoms with Gasteiger partial charge in [0, 0.05) is 20.2 Å². The molecule has 0 aromatic carbocycles. The molecule has 0 radical (unpaired) electrons. The topological polar surface area (TPSA) is 62.9 Å². The van der Waals surface area contributed by atoms with Crippen LogP contribution in [0, 0.1) is 5.41 Å². The van der Waals surface area contributed by atoms with E-state index >= 15 is 0 Å². The largest absolute Gasteiger partial charge is 0.382 e. The van der Waals surface area contributed by atoms with Gasteiger partial charge in [0.15, 0.2) is 0 Å². The third-order valence-corrected chi connectivity index (χ3v) is 3.08. The Hall–Kier alpha value is -0.810. The van der Waals surface area contributed by atoms with E-state index in [0.29, 0.717) is 12.0 Å². The van der Waals surface area contributed by atoms with Gasteiger partial charge in [-0.25, -0.2) is 10.8 Å². The van der Waals surface area contributed by atoms with Gasteiger partial charge in [-0.1, -0.05) is 13.8 Å². The first-order valence-electron chi connectivity index (χ1n) is 6.27. The molecule has 0 aliphatic carbocycles. The molecule has 0 spiro atoms. The third kappa shape index (κ3) is 4.52. The lowest BCUT2D eigenvalue weighted by Crippen LogP contribution is -2.51. The third-order valence-electron chi connectivity index (χ3n) is 3.08. The van der Waals surface area contributed by atoms with E-state index in [-0.39, 0.29) is 6.04 Å². The maximum absolute atomic E-state index is 5.57. The second-order valence-electron chi connectivity index (χ2n) is 5.59. The van der Waals surface area contributed by atoms with Crippen molar-refractivity contribution in [2.24, 2.45) is 16.3 Å². The number of piperidine rings is 1. The minimum absolute atomic E-state index is 0.121. The lowest BCUT2D eigenvalue weighted by molar-refractivity contribution is 0.169. The van der Waals surface area contributed by atoms with E-state index in [0.717, 1.165) is 19.0 Å². The highest BCUT2D eigenvalue weighted by Gasteiger charge is 2.28. The van der Waals surface area contributed by atoms with Crippen molar-refractivity contribution in [2.75, 3.05) is 26.8 Å². The number of guanidine groups is 1. The molecule has 0 aromatic heterocycles. The Morgan fingerprint density at radius 3 is 2.82 bits per heavy atom. The normalized spacial score (nSPS) is 22.4. The Morgan fingerprint density at radius 2 is 2.29 bits per heavy atom. The molecule has 0 bridgehead atoms. The molecule has 5 nitrogen and oxygen atoms in total. The lowest BCUT2D eigenvalue weighted by atomic mass is 9.84. The fourth-order valence-electron chi connectivity index (χ4n) is 2.30. The zero-order valence-corrected chi connectivity index (χ0v) is 11.5. The number of nitrogens with zero attached hydrogens (tertiary/aromatic N) is 2. The van der Waals surface area contributed by atoms with Crippen LogP contribution >= 0.6 is 0 Å². The standard InChI is InChI=1S/C12H26N4O/c1-10(8-17-4)14-11(15-13)16-7-5-6-12(2,3)9-16/h10H,5-9,13H2,1-4H3,(H,14,15). The zero-order chi connectivity index (χ0) is 12.9. The van der Waals surface area contributed by atoms with Gasteiger partial charge in [0.1, 0.15) is 0 Å². The SMILES string of the molecule is COCC(C)N=C(NN)N1CCCC(C)(C)C1. The monoisotopic (exact) mass is 242 g/mol. The number of hydrogen-bond acceptors (Lipinski definition) is 3. The molecular formula is C12H26N4O. The second-order valence-corrected chi connectivity index (χ2v) is 5.59. The van der Waals surface area contributed by atoms with Gasteiger partial charge in [-0.2, -0.15) is 0 Å². The molecule has 0 aromatic rings. The number of rotatable bonds is 3. The van der Waals surface area contributed by atoms with Gasteiger partial charge < -0.3 is 9.64 Å². The number of hydrogen-bond donors (Lipinski definition) is 2. The Balaban J connectivity index is 2.66. The number of nitrogens with one attached hydrogen (secondary N) is 1. The van der Waals surface area contributed by atoms with Crippen LogP contribution in [0.15, 0.2) is 4.99 Å². The summed E-state index contributed by atoms with van der Waals surface area (Å²) in [4.78, 5) is 6.79. The molecule has 3 N–H and O–H groups in total.